The van der Waals surface area contributed by atoms with Gasteiger partial charge in [-0.1, -0.05) is 67.8 Å². The van der Waals surface area contributed by atoms with Gasteiger partial charge in [-0.15, -0.1) is 0 Å². The smallest absolute Gasteiger partial charge is 0.259 e. The van der Waals surface area contributed by atoms with E-state index in [-0.39, 0.29) is 5.56 Å². The minimum Gasteiger partial charge on any atom is -0.319 e. The zero-order chi connectivity index (χ0) is 26.8. The maximum absolute atomic E-state index is 12.9. The van der Waals surface area contributed by atoms with Crippen LogP contribution in [0, 0.1) is 0 Å². The molecule has 2 aromatic carbocycles. The highest BCUT2D eigenvalue weighted by molar-refractivity contribution is 7.84. The van der Waals surface area contributed by atoms with Crippen LogP contribution in [-0.2, 0) is 17.3 Å². The molecule has 1 N–H and O–H groups in total. The molecule has 0 aliphatic heterocycles. The minimum absolute atomic E-state index is 0.140. The summed E-state index contributed by atoms with van der Waals surface area (Å²) in [5.74, 6) is 1.37. The summed E-state index contributed by atoms with van der Waals surface area (Å²) in [6.07, 6.45) is 7.47. The number of nitrogens with one attached hydrogen (secondary N) is 1. The minimum atomic E-state index is -0.628. The first kappa shape index (κ1) is 28.5. The monoisotopic (exact) mass is 540 g/mol. The number of benzene rings is 2. The van der Waals surface area contributed by atoms with Gasteiger partial charge < -0.3 is 9.88 Å². The second kappa shape index (κ2) is 14.0. The molecule has 0 saturated carbocycles. The Morgan fingerprint density at radius 2 is 1.73 bits per heavy atom. The van der Waals surface area contributed by atoms with E-state index in [9.17, 15) is 13.8 Å². The lowest BCUT2D eigenvalue weighted by Gasteiger charge is -2.15. The average Bonchev–Trinajstić information content (AvgIpc) is 3.36. The molecule has 0 saturated heterocycles. The lowest BCUT2D eigenvalue weighted by atomic mass is 10.1. The second-order valence-electron chi connectivity index (χ2n) is 8.65. The summed E-state index contributed by atoms with van der Waals surface area (Å²) in [7, 11) is 1.23. The third-order valence-corrected chi connectivity index (χ3v) is 6.86. The largest absolute Gasteiger partial charge is 0.319 e. The van der Waals surface area contributed by atoms with Gasteiger partial charge in [-0.3, -0.25) is 18.2 Å². The number of halogens is 1. The number of aromatic nitrogens is 3. The number of unbranched alkanes of at least 4 members (excludes halogenated alkanes) is 2. The number of aryl methyl sites for hydroxylation is 1. The van der Waals surface area contributed by atoms with Crippen molar-refractivity contribution in [2.75, 3.05) is 25.6 Å². The maximum atomic E-state index is 12.9. The van der Waals surface area contributed by atoms with Crippen LogP contribution < -0.4 is 10.9 Å². The molecule has 196 valence electrons. The molecule has 37 heavy (non-hydrogen) atoms. The molecule has 0 spiro atoms. The first-order chi connectivity index (χ1) is 17.9. The summed E-state index contributed by atoms with van der Waals surface area (Å²) in [6.45, 7) is 3.76. The van der Waals surface area contributed by atoms with E-state index in [1.165, 1.54) is 0 Å². The Hall–Kier alpha value is -3.07. The van der Waals surface area contributed by atoms with Crippen molar-refractivity contribution in [2.45, 2.75) is 32.7 Å². The molecule has 2 aromatic heterocycles. The third kappa shape index (κ3) is 7.71. The van der Waals surface area contributed by atoms with E-state index in [0.717, 1.165) is 66.9 Å². The van der Waals surface area contributed by atoms with E-state index >= 15 is 0 Å². The molecule has 0 radical (unpaired) electrons. The van der Waals surface area contributed by atoms with E-state index < -0.39 is 10.8 Å². The van der Waals surface area contributed by atoms with E-state index in [2.05, 4.69) is 16.8 Å². The molecule has 9 heteroatoms. The fourth-order valence-electron chi connectivity index (χ4n) is 3.81. The highest BCUT2D eigenvalue weighted by atomic mass is 35.5. The number of rotatable bonds is 10. The second-order valence-corrected chi connectivity index (χ2v) is 10.6. The van der Waals surface area contributed by atoms with Crippen LogP contribution >= 0.6 is 11.6 Å². The van der Waals surface area contributed by atoms with Crippen LogP contribution in [0.1, 0.15) is 36.5 Å². The summed E-state index contributed by atoms with van der Waals surface area (Å²) in [5, 5.41) is 3.56. The van der Waals surface area contributed by atoms with Gasteiger partial charge in [0.1, 0.15) is 6.29 Å². The molecule has 0 aliphatic rings. The predicted octanol–water partition coefficient (Wildman–Crippen LogP) is 5.07. The van der Waals surface area contributed by atoms with Gasteiger partial charge in [0.15, 0.2) is 0 Å². The van der Waals surface area contributed by atoms with Crippen LogP contribution in [0.25, 0.3) is 28.3 Å². The van der Waals surface area contributed by atoms with Gasteiger partial charge in [0.2, 0.25) is 5.78 Å². The van der Waals surface area contributed by atoms with Crippen molar-refractivity contribution < 1.29 is 9.00 Å². The number of imidazole rings is 1. The molecule has 7 nitrogen and oxygen atoms in total. The Morgan fingerprint density at radius 1 is 1.05 bits per heavy atom. The van der Waals surface area contributed by atoms with Crippen molar-refractivity contribution in [2.24, 2.45) is 0 Å². The highest BCUT2D eigenvalue weighted by Gasteiger charge is 2.15. The Bertz CT molecular complexity index is 1400. The van der Waals surface area contributed by atoms with Crippen molar-refractivity contribution in [1.82, 2.24) is 19.3 Å². The summed E-state index contributed by atoms with van der Waals surface area (Å²) < 4.78 is 14.0. The number of fused-ring (bicyclic) bond motifs is 1. The van der Waals surface area contributed by atoms with Crippen LogP contribution in [0.15, 0.2) is 65.6 Å². The Balaban J connectivity index is 0.000000479. The topological polar surface area (TPSA) is 85.5 Å². The van der Waals surface area contributed by atoms with E-state index in [0.29, 0.717) is 16.4 Å². The quantitative estimate of drug-likeness (QED) is 0.224. The number of carbonyl (C=O) groups is 1. The molecule has 0 aliphatic carbocycles. The summed E-state index contributed by atoms with van der Waals surface area (Å²) in [5.41, 5.74) is 3.77. The zero-order valence-corrected chi connectivity index (χ0v) is 23.0. The molecule has 0 amide bonds. The Labute approximate surface area is 225 Å². The van der Waals surface area contributed by atoms with Crippen molar-refractivity contribution in [3.8, 4) is 22.5 Å². The van der Waals surface area contributed by atoms with Gasteiger partial charge in [-0.2, -0.15) is 0 Å². The number of hydrogen-bond acceptors (Lipinski definition) is 5. The van der Waals surface area contributed by atoms with Crippen LogP contribution in [0.3, 0.4) is 0 Å². The molecular formula is C28H33ClN4O3S. The summed E-state index contributed by atoms with van der Waals surface area (Å²) >= 11 is 6.01. The van der Waals surface area contributed by atoms with Gasteiger partial charge in [0.25, 0.3) is 5.56 Å². The van der Waals surface area contributed by atoms with Gasteiger partial charge in [0, 0.05) is 64.3 Å². The summed E-state index contributed by atoms with van der Waals surface area (Å²) in [4.78, 5) is 28.7. The van der Waals surface area contributed by atoms with Gasteiger partial charge in [-0.05, 0) is 31.2 Å². The van der Waals surface area contributed by atoms with Crippen molar-refractivity contribution >= 4 is 34.5 Å². The average molecular weight is 541 g/mol. The molecule has 1 atom stereocenters. The van der Waals surface area contributed by atoms with E-state index in [1.54, 1.807) is 35.1 Å². The van der Waals surface area contributed by atoms with Crippen molar-refractivity contribution in [3.63, 3.8) is 0 Å². The van der Waals surface area contributed by atoms with E-state index in [4.69, 9.17) is 16.6 Å². The number of nitrogens with zero attached hydrogens (tertiary/aromatic N) is 3. The SMILES string of the molecule is CCCCCn1c(-c2ccc(C=O)cc2)cc(=O)n2cc(-c3ccc(Cl)cc3)nc12.CNCCS(C)=O. The first-order valence-electron chi connectivity index (χ1n) is 12.3. The van der Waals surface area contributed by atoms with Crippen LogP contribution in [0.5, 0.6) is 0 Å². The van der Waals surface area contributed by atoms with Crippen molar-refractivity contribution in [3.05, 3.63) is 81.7 Å². The lowest BCUT2D eigenvalue weighted by molar-refractivity contribution is 0.112. The molecule has 4 rings (SSSR count). The van der Waals surface area contributed by atoms with Gasteiger partial charge in [-0.25, -0.2) is 4.98 Å². The van der Waals surface area contributed by atoms with E-state index in [1.807, 2.05) is 43.4 Å². The Kier molecular flexibility index (Phi) is 10.8. The lowest BCUT2D eigenvalue weighted by Crippen LogP contribution is -2.18. The van der Waals surface area contributed by atoms with Crippen LogP contribution in [-0.4, -0.2) is 50.0 Å². The molecular weight excluding hydrogens is 508 g/mol. The van der Waals surface area contributed by atoms with Crippen molar-refractivity contribution in [1.29, 1.82) is 0 Å². The fourth-order valence-corrected chi connectivity index (χ4v) is 4.43. The van der Waals surface area contributed by atoms with Gasteiger partial charge >= 0.3 is 0 Å². The zero-order valence-electron chi connectivity index (χ0n) is 21.4. The fraction of sp³-hybridized carbons (Fsp3) is 0.321. The highest BCUT2D eigenvalue weighted by Crippen LogP contribution is 2.25. The number of hydrogen-bond donors (Lipinski definition) is 1. The van der Waals surface area contributed by atoms with Crippen LogP contribution in [0.2, 0.25) is 5.02 Å². The van der Waals surface area contributed by atoms with Crippen LogP contribution in [0.4, 0.5) is 0 Å². The Morgan fingerprint density at radius 3 is 2.30 bits per heavy atom. The third-order valence-electron chi connectivity index (χ3n) is 5.82. The van der Waals surface area contributed by atoms with Gasteiger partial charge in [0.05, 0.1) is 11.4 Å². The first-order valence-corrected chi connectivity index (χ1v) is 14.4. The molecule has 0 bridgehead atoms. The number of aldehydes is 1. The molecule has 0 fully saturated rings. The standard InChI is InChI=1S/C24H22ClN3O2.C4H11NOS/c1-2-3-4-13-27-22(19-7-5-17(16-29)6-8-19)14-23(30)28-15-21(26-24(27)28)18-9-11-20(25)12-10-18;1-5-3-4-7(2)6/h5-12,14-16H,2-4,13H2,1H3;5H,3-4H2,1-2H3. The number of carbonyl (C=O) groups excluding carboxylic acids is 1. The molecule has 1 unspecified atom stereocenters. The summed E-state index contributed by atoms with van der Waals surface area (Å²) in [6, 6.07) is 16.3. The maximum Gasteiger partial charge on any atom is 0.259 e. The predicted molar refractivity (Wildman–Crippen MR) is 153 cm³/mol. The molecule has 2 heterocycles. The normalized spacial score (nSPS) is 11.7. The molecule has 4 aromatic rings.